The van der Waals surface area contributed by atoms with Crippen molar-refractivity contribution in [2.24, 2.45) is 0 Å². The number of allylic oxidation sites excluding steroid dienone is 4. The predicted octanol–water partition coefficient (Wildman–Crippen LogP) is 18.9. The second-order valence-electron chi connectivity index (χ2n) is 22.4. The van der Waals surface area contributed by atoms with E-state index in [1.165, 1.54) is 108 Å². The summed E-state index contributed by atoms with van der Waals surface area (Å²) in [5, 5.41) is 8.96. The van der Waals surface area contributed by atoms with E-state index >= 15 is 0 Å². The summed E-state index contributed by atoms with van der Waals surface area (Å²) in [5.74, 6) is 0.614. The number of rotatable bonds is 8. The van der Waals surface area contributed by atoms with Crippen LogP contribution in [-0.4, -0.2) is 5.54 Å². The molecular weight excluding hydrogens is 961 g/mol. The van der Waals surface area contributed by atoms with Crippen molar-refractivity contribution in [2.75, 3.05) is 9.80 Å². The molecule has 0 saturated carbocycles. The lowest BCUT2D eigenvalue weighted by Crippen LogP contribution is -2.46. The highest BCUT2D eigenvalue weighted by Crippen LogP contribution is 2.56. The van der Waals surface area contributed by atoms with Crippen molar-refractivity contribution in [3.05, 3.63) is 280 Å². The number of para-hydroxylation sites is 2. The number of fused-ring (bicyclic) bond motifs is 14. The minimum Gasteiger partial charge on any atom is -0.331 e. The van der Waals surface area contributed by atoms with Gasteiger partial charge in [0, 0.05) is 60.2 Å². The SMILES string of the molecule is CC1CC=Cc2c1ccc1ccc(N(c3ccccc3-c3ccccc3)C3(C)C=c4sc5c(c4=CC3)-c3ccccc3C3(C)C=C(N(c4ccc6ccc7ccccc7c6c4)c4ccccc4-c4ccccc4)C=CC53)cc21. The van der Waals surface area contributed by atoms with Crippen LogP contribution in [0.4, 0.5) is 22.7 Å². The van der Waals surface area contributed by atoms with Gasteiger partial charge in [0.15, 0.2) is 0 Å². The van der Waals surface area contributed by atoms with Crippen LogP contribution in [-0.2, 0) is 5.41 Å². The Morgan fingerprint density at radius 3 is 1.91 bits per heavy atom. The summed E-state index contributed by atoms with van der Waals surface area (Å²) < 4.78 is 1.34. The van der Waals surface area contributed by atoms with Gasteiger partial charge in [0.05, 0.1) is 11.2 Å². The molecule has 0 saturated heterocycles. The van der Waals surface area contributed by atoms with Crippen molar-refractivity contribution in [1.29, 1.82) is 0 Å². The zero-order valence-corrected chi connectivity index (χ0v) is 45.0. The maximum atomic E-state index is 2.66. The zero-order chi connectivity index (χ0) is 52.1. The van der Waals surface area contributed by atoms with E-state index in [1.54, 1.807) is 0 Å². The highest BCUT2D eigenvalue weighted by atomic mass is 32.1. The highest BCUT2D eigenvalue weighted by Gasteiger charge is 2.45. The third kappa shape index (κ3) is 7.36. The van der Waals surface area contributed by atoms with Gasteiger partial charge >= 0.3 is 0 Å². The van der Waals surface area contributed by atoms with Crippen LogP contribution in [0.1, 0.15) is 67.0 Å². The molecule has 0 N–H and O–H groups in total. The van der Waals surface area contributed by atoms with Gasteiger partial charge in [0.2, 0.25) is 0 Å². The van der Waals surface area contributed by atoms with Crippen LogP contribution in [0, 0.1) is 0 Å². The molecule has 0 spiro atoms. The van der Waals surface area contributed by atoms with Gasteiger partial charge in [-0.1, -0.05) is 220 Å². The molecule has 374 valence electrons. The molecule has 4 unspecified atom stereocenters. The Morgan fingerprint density at radius 1 is 0.526 bits per heavy atom. The van der Waals surface area contributed by atoms with Crippen LogP contribution >= 0.6 is 11.3 Å². The van der Waals surface area contributed by atoms with Gasteiger partial charge in [-0.25, -0.2) is 0 Å². The minimum absolute atomic E-state index is 0.124. The van der Waals surface area contributed by atoms with E-state index in [1.807, 2.05) is 11.3 Å². The van der Waals surface area contributed by atoms with Crippen molar-refractivity contribution in [2.45, 2.75) is 56.4 Å². The fourth-order valence-electron chi connectivity index (χ4n) is 13.8. The Bertz CT molecular complexity index is 4460. The van der Waals surface area contributed by atoms with Gasteiger partial charge < -0.3 is 9.80 Å². The molecule has 2 nitrogen and oxygen atoms in total. The number of hydrogen-bond donors (Lipinski definition) is 0. The molecule has 10 aromatic carbocycles. The molecule has 0 aliphatic heterocycles. The predicted molar refractivity (Wildman–Crippen MR) is 334 cm³/mol. The summed E-state index contributed by atoms with van der Waals surface area (Å²) in [6.45, 7) is 7.32. The number of hydrogen-bond acceptors (Lipinski definition) is 3. The van der Waals surface area contributed by atoms with E-state index < -0.39 is 5.54 Å². The summed E-state index contributed by atoms with van der Waals surface area (Å²) in [4.78, 5) is 6.62. The molecule has 0 amide bonds. The summed E-state index contributed by atoms with van der Waals surface area (Å²) in [6.07, 6.45) is 19.4. The number of nitrogens with zero attached hydrogens (tertiary/aromatic N) is 2. The molecular formula is C75H58N2S. The molecule has 0 fully saturated rings. The van der Waals surface area contributed by atoms with Crippen LogP contribution in [0.3, 0.4) is 0 Å². The molecule has 15 rings (SSSR count). The highest BCUT2D eigenvalue weighted by molar-refractivity contribution is 7.10. The Labute approximate surface area is 461 Å². The van der Waals surface area contributed by atoms with Gasteiger partial charge in [-0.2, -0.15) is 0 Å². The fourth-order valence-corrected chi connectivity index (χ4v) is 15.4. The lowest BCUT2D eigenvalue weighted by molar-refractivity contribution is 0.520. The second kappa shape index (κ2) is 18.2. The average molecular weight is 1020 g/mol. The molecule has 11 aromatic rings. The molecule has 4 aliphatic carbocycles. The number of thiophene rings is 1. The maximum absolute atomic E-state index is 2.66. The smallest absolute Gasteiger partial charge is 0.0657 e. The summed E-state index contributed by atoms with van der Waals surface area (Å²) >= 11 is 2.01. The maximum Gasteiger partial charge on any atom is 0.0657 e. The van der Waals surface area contributed by atoms with Crippen molar-refractivity contribution in [1.82, 2.24) is 0 Å². The van der Waals surface area contributed by atoms with Crippen LogP contribution in [0.15, 0.2) is 248 Å². The van der Waals surface area contributed by atoms with E-state index in [9.17, 15) is 0 Å². The van der Waals surface area contributed by atoms with Crippen LogP contribution in [0.25, 0.3) is 83.9 Å². The van der Waals surface area contributed by atoms with Crippen LogP contribution < -0.4 is 19.6 Å². The molecule has 0 bridgehead atoms. The molecule has 1 aromatic heterocycles. The first-order valence-corrected chi connectivity index (χ1v) is 28.5. The standard InChI is InChI=1S/C75H58N2S/c1-49-19-18-29-62-58(49)41-37-54-36-39-56(46-66(54)62)77(70-32-17-14-27-61(70)51-22-8-5-9-23-51)74(2)44-43-64-71(48-74)78-73-68-42-40-57(47-75(68,3)67-30-15-12-28-63(67)72(64)73)76(69-31-16-13-26-60(69)50-20-6-4-7-21-50)55-38-35-53-34-33-52-24-10-11-25-59(52)65(53)45-55/h4-18,20-43,45-49,68H,19,44H2,1-3H3. The summed E-state index contributed by atoms with van der Waals surface area (Å²) in [5.41, 5.74) is 16.8. The van der Waals surface area contributed by atoms with E-state index in [2.05, 4.69) is 291 Å². The molecule has 1 heterocycles. The van der Waals surface area contributed by atoms with Gasteiger partial charge in [-0.15, -0.1) is 11.3 Å². The molecule has 4 aliphatic rings. The van der Waals surface area contributed by atoms with E-state index in [-0.39, 0.29) is 11.3 Å². The summed E-state index contributed by atoms with van der Waals surface area (Å²) in [7, 11) is 0. The molecule has 4 atom stereocenters. The van der Waals surface area contributed by atoms with E-state index in [0.717, 1.165) is 29.9 Å². The first kappa shape index (κ1) is 46.5. The second-order valence-corrected chi connectivity index (χ2v) is 23.5. The van der Waals surface area contributed by atoms with Crippen molar-refractivity contribution < 1.29 is 0 Å². The van der Waals surface area contributed by atoms with Gasteiger partial charge in [0.25, 0.3) is 0 Å². The van der Waals surface area contributed by atoms with Gasteiger partial charge in [-0.3, -0.25) is 0 Å². The molecule has 3 heteroatoms. The van der Waals surface area contributed by atoms with Gasteiger partial charge in [0.1, 0.15) is 0 Å². The lowest BCUT2D eigenvalue weighted by Gasteiger charge is -2.43. The van der Waals surface area contributed by atoms with Crippen molar-refractivity contribution in [3.8, 4) is 33.4 Å². The van der Waals surface area contributed by atoms with Crippen molar-refractivity contribution >= 4 is 84.6 Å². The zero-order valence-electron chi connectivity index (χ0n) is 44.2. The quantitative estimate of drug-likeness (QED) is 0.140. The summed E-state index contributed by atoms with van der Waals surface area (Å²) in [6, 6.07) is 81.3. The first-order valence-electron chi connectivity index (χ1n) is 27.7. The van der Waals surface area contributed by atoms with Crippen LogP contribution in [0.5, 0.6) is 0 Å². The normalized spacial score (nSPS) is 19.7. The minimum atomic E-state index is -0.410. The average Bonchev–Trinajstić information content (AvgIpc) is 3.87. The third-order valence-corrected chi connectivity index (χ3v) is 18.9. The fraction of sp³-hybridized carbons (Fsp3) is 0.120. The Hall–Kier alpha value is -8.76. The van der Waals surface area contributed by atoms with E-state index in [0.29, 0.717) is 5.92 Å². The number of benzene rings is 10. The van der Waals surface area contributed by atoms with Crippen LogP contribution in [0.2, 0.25) is 0 Å². The number of anilines is 4. The molecule has 78 heavy (non-hydrogen) atoms. The topological polar surface area (TPSA) is 6.48 Å². The Balaban J connectivity index is 0.902. The Kier molecular flexibility index (Phi) is 10.9. The van der Waals surface area contributed by atoms with Gasteiger partial charge in [-0.05, 0) is 151 Å². The van der Waals surface area contributed by atoms with Crippen molar-refractivity contribution in [3.63, 3.8) is 0 Å². The molecule has 0 radical (unpaired) electrons. The third-order valence-electron chi connectivity index (χ3n) is 17.6. The monoisotopic (exact) mass is 1020 g/mol. The largest absolute Gasteiger partial charge is 0.331 e. The first-order chi connectivity index (χ1) is 38.3. The Morgan fingerprint density at radius 2 is 1.13 bits per heavy atom. The van der Waals surface area contributed by atoms with E-state index in [4.69, 9.17) is 0 Å². The lowest BCUT2D eigenvalue weighted by atomic mass is 9.62.